The molecule has 2 aliphatic heterocycles. The third-order valence-electron chi connectivity index (χ3n) is 8.61. The molecule has 2 bridgehead atoms. The van der Waals surface area contributed by atoms with Crippen LogP contribution in [0, 0.1) is 36.5 Å². The van der Waals surface area contributed by atoms with Crippen LogP contribution in [-0.2, 0) is 19.2 Å². The van der Waals surface area contributed by atoms with Crippen LogP contribution in [0.25, 0.3) is 10.8 Å². The highest BCUT2D eigenvalue weighted by Gasteiger charge is 2.59. The van der Waals surface area contributed by atoms with Gasteiger partial charge in [-0.3, -0.25) is 19.2 Å². The van der Waals surface area contributed by atoms with Gasteiger partial charge < -0.3 is 9.64 Å². The second kappa shape index (κ2) is 8.38. The van der Waals surface area contributed by atoms with E-state index in [-0.39, 0.29) is 54.4 Å². The number of hydrogen-bond acceptors (Lipinski definition) is 5. The summed E-state index contributed by atoms with van der Waals surface area (Å²) in [5, 5.41) is 1.99. The van der Waals surface area contributed by atoms with E-state index in [1.807, 2.05) is 42.5 Å². The molecule has 7 rings (SSSR count). The predicted octanol–water partition coefficient (Wildman–Crippen LogP) is 4.42. The number of allylic oxidation sites excluding steroid dienone is 2. The molecule has 5 atom stereocenters. The van der Waals surface area contributed by atoms with Crippen molar-refractivity contribution < 1.29 is 23.9 Å². The summed E-state index contributed by atoms with van der Waals surface area (Å²) in [5.41, 5.74) is 2.00. The molecular formula is C31H26N2O5. The fourth-order valence-electron chi connectivity index (χ4n) is 6.82. The van der Waals surface area contributed by atoms with Crippen LogP contribution in [0.1, 0.15) is 18.4 Å². The lowest BCUT2D eigenvalue weighted by Gasteiger charge is -2.20. The zero-order valence-electron chi connectivity index (χ0n) is 20.9. The number of aryl methyl sites for hydroxylation is 1. The number of rotatable bonds is 4. The minimum absolute atomic E-state index is 0.0784. The summed E-state index contributed by atoms with van der Waals surface area (Å²) in [6.45, 7) is 2.05. The quantitative estimate of drug-likeness (QED) is 0.226. The van der Waals surface area contributed by atoms with Crippen molar-refractivity contribution >= 4 is 45.8 Å². The summed E-state index contributed by atoms with van der Waals surface area (Å²) < 4.78 is 5.67. The number of ether oxygens (including phenoxy) is 1. The lowest BCUT2D eigenvalue weighted by Crippen LogP contribution is -2.33. The molecule has 2 heterocycles. The van der Waals surface area contributed by atoms with E-state index in [9.17, 15) is 19.2 Å². The summed E-state index contributed by atoms with van der Waals surface area (Å²) in [7, 11) is 0. The van der Waals surface area contributed by atoms with Crippen molar-refractivity contribution in [3.63, 3.8) is 0 Å². The second-order valence-corrected chi connectivity index (χ2v) is 10.8. The average molecular weight is 507 g/mol. The van der Waals surface area contributed by atoms with E-state index in [1.54, 1.807) is 30.0 Å². The molecule has 2 saturated heterocycles. The predicted molar refractivity (Wildman–Crippen MR) is 141 cm³/mol. The maximum absolute atomic E-state index is 13.2. The number of carbonyl (C=O) groups excluding carboxylic acids is 4. The fourth-order valence-corrected chi connectivity index (χ4v) is 6.82. The van der Waals surface area contributed by atoms with Crippen LogP contribution in [0.2, 0.25) is 0 Å². The number of fused-ring (bicyclic) bond motifs is 6. The van der Waals surface area contributed by atoms with Gasteiger partial charge in [-0.2, -0.15) is 0 Å². The lowest BCUT2D eigenvalue weighted by atomic mass is 9.85. The maximum atomic E-state index is 13.2. The number of anilines is 2. The molecule has 0 unspecified atom stereocenters. The molecule has 3 aromatic rings. The van der Waals surface area contributed by atoms with Crippen molar-refractivity contribution in [1.29, 1.82) is 0 Å². The number of nitrogens with zero attached hydrogens (tertiary/aromatic N) is 2. The molecule has 4 aliphatic rings. The topological polar surface area (TPSA) is 84.0 Å². The van der Waals surface area contributed by atoms with Gasteiger partial charge in [-0.1, -0.05) is 48.6 Å². The van der Waals surface area contributed by atoms with Crippen LogP contribution >= 0.6 is 0 Å². The van der Waals surface area contributed by atoms with Crippen molar-refractivity contribution in [3.05, 3.63) is 78.4 Å². The molecular weight excluding hydrogens is 480 g/mol. The fraction of sp³-hybridized carbons (Fsp3) is 0.290. The zero-order chi connectivity index (χ0) is 26.1. The third-order valence-corrected chi connectivity index (χ3v) is 8.61. The first-order chi connectivity index (χ1) is 18.4. The number of carbonyl (C=O) groups is 4. The average Bonchev–Trinajstić information content (AvgIpc) is 3.68. The van der Waals surface area contributed by atoms with Gasteiger partial charge in [-0.25, -0.2) is 4.90 Å². The van der Waals surface area contributed by atoms with E-state index in [4.69, 9.17) is 4.74 Å². The van der Waals surface area contributed by atoms with Gasteiger partial charge in [0.2, 0.25) is 17.7 Å². The Balaban J connectivity index is 1.07. The van der Waals surface area contributed by atoms with Gasteiger partial charge in [0.15, 0.2) is 0 Å². The Morgan fingerprint density at radius 1 is 0.868 bits per heavy atom. The van der Waals surface area contributed by atoms with Gasteiger partial charge in [0.1, 0.15) is 5.75 Å². The SMILES string of the molecule is Cc1cc(OC(=O)[C@@H]2CC(=O)N(c3cccc4ccccc34)C2)ccc1N1C(=O)[C@H]2[C@H](C1=O)[C@H]1C=C[C@H]2C1. The standard InChI is InChI=1S/C31H26N2O5/c1-17-13-22(11-12-24(17)33-29(35)27-19-9-10-20(14-19)28(27)30(33)36)38-31(37)21-15-26(34)32(16-21)25-8-4-6-18-5-2-3-7-23(18)25/h2-13,19-21,27-28H,14-16H2,1H3/t19-,20-,21+,27+,28+/m0/s1. The Morgan fingerprint density at radius 3 is 2.32 bits per heavy atom. The van der Waals surface area contributed by atoms with E-state index in [0.29, 0.717) is 17.0 Å². The molecule has 2 aliphatic carbocycles. The Morgan fingerprint density at radius 2 is 1.58 bits per heavy atom. The maximum Gasteiger partial charge on any atom is 0.316 e. The smallest absolute Gasteiger partial charge is 0.316 e. The Kier molecular flexibility index (Phi) is 5.05. The molecule has 0 aromatic heterocycles. The van der Waals surface area contributed by atoms with Crippen LogP contribution < -0.4 is 14.5 Å². The van der Waals surface area contributed by atoms with Crippen LogP contribution in [0.3, 0.4) is 0 Å². The molecule has 1 saturated carbocycles. The highest BCUT2D eigenvalue weighted by molar-refractivity contribution is 6.23. The molecule has 7 nitrogen and oxygen atoms in total. The number of imide groups is 1. The monoisotopic (exact) mass is 506 g/mol. The number of hydrogen-bond donors (Lipinski definition) is 0. The van der Waals surface area contributed by atoms with Crippen molar-refractivity contribution in [2.75, 3.05) is 16.3 Å². The molecule has 3 aromatic carbocycles. The van der Waals surface area contributed by atoms with E-state index in [2.05, 4.69) is 12.2 Å². The van der Waals surface area contributed by atoms with Gasteiger partial charge in [0.25, 0.3) is 0 Å². The van der Waals surface area contributed by atoms with Crippen LogP contribution in [-0.4, -0.2) is 30.2 Å². The minimum atomic E-state index is -0.592. The lowest BCUT2D eigenvalue weighted by molar-refractivity contribution is -0.139. The van der Waals surface area contributed by atoms with Crippen molar-refractivity contribution in [2.45, 2.75) is 19.8 Å². The van der Waals surface area contributed by atoms with E-state index >= 15 is 0 Å². The first-order valence-corrected chi connectivity index (χ1v) is 13.1. The highest BCUT2D eigenvalue weighted by Crippen LogP contribution is 2.53. The van der Waals surface area contributed by atoms with Crippen molar-refractivity contribution in [1.82, 2.24) is 0 Å². The first kappa shape index (κ1) is 22.9. The minimum Gasteiger partial charge on any atom is -0.426 e. The Labute approximate surface area is 219 Å². The Bertz CT molecular complexity index is 1540. The molecule has 190 valence electrons. The van der Waals surface area contributed by atoms with E-state index in [1.165, 1.54) is 4.90 Å². The third kappa shape index (κ3) is 3.34. The molecule has 0 N–H and O–H groups in total. The van der Waals surface area contributed by atoms with Crippen molar-refractivity contribution in [3.8, 4) is 5.75 Å². The molecule has 3 amide bonds. The molecule has 0 radical (unpaired) electrons. The molecule has 38 heavy (non-hydrogen) atoms. The summed E-state index contributed by atoms with van der Waals surface area (Å²) in [6.07, 6.45) is 5.11. The van der Waals surface area contributed by atoms with Gasteiger partial charge >= 0.3 is 5.97 Å². The molecule has 7 heteroatoms. The Hall–Kier alpha value is -4.26. The summed E-state index contributed by atoms with van der Waals surface area (Å²) in [4.78, 5) is 55.3. The largest absolute Gasteiger partial charge is 0.426 e. The van der Waals surface area contributed by atoms with E-state index < -0.39 is 11.9 Å². The molecule has 0 spiro atoms. The van der Waals surface area contributed by atoms with Crippen LogP contribution in [0.4, 0.5) is 11.4 Å². The van der Waals surface area contributed by atoms with Crippen LogP contribution in [0.15, 0.2) is 72.8 Å². The van der Waals surface area contributed by atoms with Crippen LogP contribution in [0.5, 0.6) is 5.75 Å². The second-order valence-electron chi connectivity index (χ2n) is 10.8. The number of benzene rings is 3. The van der Waals surface area contributed by atoms with Gasteiger partial charge in [0, 0.05) is 18.4 Å². The van der Waals surface area contributed by atoms with Gasteiger partial charge in [0.05, 0.1) is 29.1 Å². The first-order valence-electron chi connectivity index (χ1n) is 13.1. The van der Waals surface area contributed by atoms with Gasteiger partial charge in [-0.15, -0.1) is 0 Å². The normalized spacial score (nSPS) is 27.6. The number of amides is 3. The van der Waals surface area contributed by atoms with Gasteiger partial charge in [-0.05, 0) is 60.4 Å². The summed E-state index contributed by atoms with van der Waals surface area (Å²) in [6, 6.07) is 18.6. The van der Waals surface area contributed by atoms with Crippen molar-refractivity contribution in [2.24, 2.45) is 29.6 Å². The zero-order valence-corrected chi connectivity index (χ0v) is 20.9. The number of esters is 1. The summed E-state index contributed by atoms with van der Waals surface area (Å²) in [5.74, 6) is -1.36. The molecule has 3 fully saturated rings. The summed E-state index contributed by atoms with van der Waals surface area (Å²) >= 11 is 0. The highest BCUT2D eigenvalue weighted by atomic mass is 16.5. The van der Waals surface area contributed by atoms with E-state index in [0.717, 1.165) is 22.9 Å².